The van der Waals surface area contributed by atoms with Crippen molar-refractivity contribution in [3.63, 3.8) is 0 Å². The third-order valence-electron chi connectivity index (χ3n) is 4.02. The molecule has 2 aliphatic rings. The van der Waals surface area contributed by atoms with Crippen molar-refractivity contribution < 1.29 is 4.79 Å². The maximum absolute atomic E-state index is 11.8. The monoisotopic (exact) mass is 255 g/mol. The SMILES string of the molecule is N#Cc1ccc2c(c1)C[C@H](CN1CCNCC1=O)C2. The Balaban J connectivity index is 1.67. The number of hydrogen-bond donors (Lipinski definition) is 1. The number of carbonyl (C=O) groups excluding carboxylic acids is 1. The van der Waals surface area contributed by atoms with Gasteiger partial charge >= 0.3 is 0 Å². The first-order valence-electron chi connectivity index (χ1n) is 6.76. The highest BCUT2D eigenvalue weighted by Crippen LogP contribution is 2.28. The molecule has 0 spiro atoms. The number of nitrogens with zero attached hydrogens (tertiary/aromatic N) is 2. The van der Waals surface area contributed by atoms with E-state index in [1.165, 1.54) is 11.1 Å². The number of benzene rings is 1. The Labute approximate surface area is 113 Å². The second-order valence-corrected chi connectivity index (χ2v) is 5.39. The van der Waals surface area contributed by atoms with Crippen LogP contribution in [0.5, 0.6) is 0 Å². The molecule has 1 aliphatic heterocycles. The van der Waals surface area contributed by atoms with Gasteiger partial charge in [0.1, 0.15) is 0 Å². The second kappa shape index (κ2) is 5.02. The Morgan fingerprint density at radius 1 is 1.37 bits per heavy atom. The minimum absolute atomic E-state index is 0.208. The maximum Gasteiger partial charge on any atom is 0.236 e. The molecule has 1 fully saturated rings. The molecule has 98 valence electrons. The van der Waals surface area contributed by atoms with Crippen molar-refractivity contribution in [2.45, 2.75) is 12.8 Å². The summed E-state index contributed by atoms with van der Waals surface area (Å²) in [7, 11) is 0. The van der Waals surface area contributed by atoms with Crippen molar-refractivity contribution in [3.05, 3.63) is 34.9 Å². The Hall–Kier alpha value is -1.86. The summed E-state index contributed by atoms with van der Waals surface area (Å²) in [5.74, 6) is 0.714. The van der Waals surface area contributed by atoms with E-state index in [2.05, 4.69) is 17.5 Å². The van der Waals surface area contributed by atoms with Gasteiger partial charge in [0.25, 0.3) is 0 Å². The van der Waals surface area contributed by atoms with Crippen LogP contribution >= 0.6 is 0 Å². The molecule has 1 heterocycles. The Kier molecular flexibility index (Phi) is 3.22. The van der Waals surface area contributed by atoms with Crippen molar-refractivity contribution in [1.29, 1.82) is 5.26 Å². The summed E-state index contributed by atoms with van der Waals surface area (Å²) in [6, 6.07) is 8.13. The minimum Gasteiger partial charge on any atom is -0.340 e. The van der Waals surface area contributed by atoms with Gasteiger partial charge < -0.3 is 10.2 Å². The first-order chi connectivity index (χ1) is 9.26. The van der Waals surface area contributed by atoms with Gasteiger partial charge in [0, 0.05) is 19.6 Å². The number of piperazine rings is 1. The Morgan fingerprint density at radius 2 is 2.21 bits per heavy atom. The zero-order valence-electron chi connectivity index (χ0n) is 10.9. The van der Waals surface area contributed by atoms with Crippen LogP contribution in [0.4, 0.5) is 0 Å². The van der Waals surface area contributed by atoms with Gasteiger partial charge in [-0.05, 0) is 42.0 Å². The molecule has 1 aliphatic carbocycles. The van der Waals surface area contributed by atoms with Crippen molar-refractivity contribution in [2.24, 2.45) is 5.92 Å². The van der Waals surface area contributed by atoms with E-state index in [0.717, 1.165) is 38.0 Å². The van der Waals surface area contributed by atoms with Gasteiger partial charge in [0.15, 0.2) is 0 Å². The van der Waals surface area contributed by atoms with Crippen LogP contribution in [0.1, 0.15) is 16.7 Å². The van der Waals surface area contributed by atoms with Crippen molar-refractivity contribution in [1.82, 2.24) is 10.2 Å². The topological polar surface area (TPSA) is 56.1 Å². The molecule has 0 aromatic heterocycles. The number of nitriles is 1. The van der Waals surface area contributed by atoms with Crippen LogP contribution in [0.3, 0.4) is 0 Å². The van der Waals surface area contributed by atoms with E-state index < -0.39 is 0 Å². The molecule has 4 heteroatoms. The largest absolute Gasteiger partial charge is 0.340 e. The molecule has 0 radical (unpaired) electrons. The maximum atomic E-state index is 11.8. The summed E-state index contributed by atoms with van der Waals surface area (Å²) >= 11 is 0. The molecule has 1 aromatic carbocycles. The summed E-state index contributed by atoms with van der Waals surface area (Å²) in [6.45, 7) is 3.02. The van der Waals surface area contributed by atoms with Gasteiger partial charge in [-0.25, -0.2) is 0 Å². The lowest BCUT2D eigenvalue weighted by Crippen LogP contribution is -2.49. The summed E-state index contributed by atoms with van der Waals surface area (Å²) in [5.41, 5.74) is 3.36. The summed E-state index contributed by atoms with van der Waals surface area (Å²) < 4.78 is 0. The number of amides is 1. The molecular weight excluding hydrogens is 238 g/mol. The van der Waals surface area contributed by atoms with Gasteiger partial charge in [0.2, 0.25) is 5.91 Å². The number of carbonyl (C=O) groups is 1. The van der Waals surface area contributed by atoms with E-state index in [-0.39, 0.29) is 5.91 Å². The fraction of sp³-hybridized carbons (Fsp3) is 0.467. The highest BCUT2D eigenvalue weighted by Gasteiger charge is 2.26. The predicted octanol–water partition coefficient (Wildman–Crippen LogP) is 0.705. The minimum atomic E-state index is 0.208. The fourth-order valence-corrected chi connectivity index (χ4v) is 3.06. The van der Waals surface area contributed by atoms with Crippen LogP contribution in [0.25, 0.3) is 0 Å². The van der Waals surface area contributed by atoms with Crippen molar-refractivity contribution in [3.8, 4) is 6.07 Å². The number of fused-ring (bicyclic) bond motifs is 1. The van der Waals surface area contributed by atoms with Crippen LogP contribution in [0, 0.1) is 17.2 Å². The van der Waals surface area contributed by atoms with E-state index in [1.807, 2.05) is 17.0 Å². The third kappa shape index (κ3) is 2.47. The van der Waals surface area contributed by atoms with Crippen LogP contribution in [-0.4, -0.2) is 37.0 Å². The van der Waals surface area contributed by atoms with Gasteiger partial charge in [-0.1, -0.05) is 6.07 Å². The van der Waals surface area contributed by atoms with Crippen LogP contribution < -0.4 is 5.32 Å². The van der Waals surface area contributed by atoms with E-state index in [0.29, 0.717) is 12.5 Å². The average molecular weight is 255 g/mol. The zero-order chi connectivity index (χ0) is 13.2. The first kappa shape index (κ1) is 12.2. The van der Waals surface area contributed by atoms with E-state index in [4.69, 9.17) is 5.26 Å². The number of hydrogen-bond acceptors (Lipinski definition) is 3. The van der Waals surface area contributed by atoms with E-state index in [9.17, 15) is 4.79 Å². The Morgan fingerprint density at radius 3 is 3.00 bits per heavy atom. The summed E-state index contributed by atoms with van der Waals surface area (Å²) in [4.78, 5) is 13.7. The average Bonchev–Trinajstić information content (AvgIpc) is 2.82. The van der Waals surface area contributed by atoms with Crippen LogP contribution in [0.15, 0.2) is 18.2 Å². The lowest BCUT2D eigenvalue weighted by molar-refractivity contribution is -0.132. The molecule has 4 nitrogen and oxygen atoms in total. The van der Waals surface area contributed by atoms with E-state index >= 15 is 0 Å². The Bertz CT molecular complexity index is 547. The lowest BCUT2D eigenvalue weighted by Gasteiger charge is -2.29. The number of nitrogens with one attached hydrogen (secondary N) is 1. The van der Waals surface area contributed by atoms with Crippen molar-refractivity contribution >= 4 is 5.91 Å². The lowest BCUT2D eigenvalue weighted by atomic mass is 10.1. The fourth-order valence-electron chi connectivity index (χ4n) is 3.06. The van der Waals surface area contributed by atoms with Crippen molar-refractivity contribution in [2.75, 3.05) is 26.2 Å². The quantitative estimate of drug-likeness (QED) is 0.846. The highest BCUT2D eigenvalue weighted by atomic mass is 16.2. The molecule has 1 aromatic rings. The molecule has 0 bridgehead atoms. The normalized spacial score (nSPS) is 22.2. The molecule has 0 saturated carbocycles. The summed E-state index contributed by atoms with van der Waals surface area (Å²) in [5, 5.41) is 12.0. The molecule has 19 heavy (non-hydrogen) atoms. The van der Waals surface area contributed by atoms with E-state index in [1.54, 1.807) is 0 Å². The van der Waals surface area contributed by atoms with Crippen LogP contribution in [0.2, 0.25) is 0 Å². The van der Waals surface area contributed by atoms with Gasteiger partial charge in [-0.15, -0.1) is 0 Å². The zero-order valence-corrected chi connectivity index (χ0v) is 10.9. The second-order valence-electron chi connectivity index (χ2n) is 5.39. The predicted molar refractivity (Wildman–Crippen MR) is 71.5 cm³/mol. The van der Waals surface area contributed by atoms with Gasteiger partial charge in [-0.3, -0.25) is 4.79 Å². The molecular formula is C15H17N3O. The molecule has 1 amide bonds. The van der Waals surface area contributed by atoms with Gasteiger partial charge in [-0.2, -0.15) is 5.26 Å². The third-order valence-corrected chi connectivity index (χ3v) is 4.02. The molecule has 1 N–H and O–H groups in total. The standard InChI is InChI=1S/C15H17N3O/c16-8-11-1-2-13-6-12(7-14(13)5-11)10-18-4-3-17-9-15(18)19/h1-2,5,12,17H,3-4,6-7,9-10H2/t12-/m1/s1. The molecule has 1 atom stereocenters. The number of rotatable bonds is 2. The molecule has 3 rings (SSSR count). The first-order valence-corrected chi connectivity index (χ1v) is 6.76. The highest BCUT2D eigenvalue weighted by molar-refractivity contribution is 5.79. The van der Waals surface area contributed by atoms with Crippen LogP contribution in [-0.2, 0) is 17.6 Å². The van der Waals surface area contributed by atoms with Gasteiger partial charge in [0.05, 0.1) is 18.2 Å². The smallest absolute Gasteiger partial charge is 0.236 e. The molecule has 0 unspecified atom stereocenters. The molecule has 1 saturated heterocycles. The summed E-state index contributed by atoms with van der Waals surface area (Å²) in [6.07, 6.45) is 2.01.